The Balaban J connectivity index is 0. The van der Waals surface area contributed by atoms with Crippen molar-refractivity contribution in [3.8, 4) is 0 Å². The molecule has 0 bridgehead atoms. The zero-order valence-electron chi connectivity index (χ0n) is 11.7. The van der Waals surface area contributed by atoms with Crippen molar-refractivity contribution in [2.75, 3.05) is 0 Å². The van der Waals surface area contributed by atoms with E-state index in [0.29, 0.717) is 0 Å². The molecule has 1 N–H and O–H groups in total. The molecule has 0 saturated heterocycles. The summed E-state index contributed by atoms with van der Waals surface area (Å²) in [7, 11) is 0. The van der Waals surface area contributed by atoms with Gasteiger partial charge in [0.25, 0.3) is 0 Å². The predicted octanol–water partition coefficient (Wildman–Crippen LogP) is 4.63. The number of carboxylic acids is 1. The van der Waals surface area contributed by atoms with Crippen LogP contribution in [0, 0.1) is 5.41 Å². The largest absolute Gasteiger partial charge is 0.481 e. The van der Waals surface area contributed by atoms with Gasteiger partial charge in [-0.05, 0) is 19.3 Å². The second kappa shape index (κ2) is 11.3. The summed E-state index contributed by atoms with van der Waals surface area (Å²) in [5.41, 5.74) is -0.429. The third kappa shape index (κ3) is 7.26. The van der Waals surface area contributed by atoms with Crippen LogP contribution in [0.1, 0.15) is 78.6 Å². The summed E-state index contributed by atoms with van der Waals surface area (Å²) in [6.45, 7) is 6.39. The SMILES string of the molecule is CCCCC(CCCC)(CCCC)C(=O)O.[Ti]. The van der Waals surface area contributed by atoms with Crippen LogP contribution >= 0.6 is 0 Å². The molecular weight excluding hydrogens is 248 g/mol. The van der Waals surface area contributed by atoms with Gasteiger partial charge in [0.1, 0.15) is 0 Å². The first kappa shape index (κ1) is 19.5. The number of hydrogen-bond donors (Lipinski definition) is 1. The third-order valence-corrected chi connectivity index (χ3v) is 3.48. The van der Waals surface area contributed by atoms with Crippen LogP contribution in [-0.4, -0.2) is 11.1 Å². The van der Waals surface area contributed by atoms with E-state index in [1.54, 1.807) is 0 Å². The fourth-order valence-corrected chi connectivity index (χ4v) is 2.24. The zero-order chi connectivity index (χ0) is 12.4. The molecule has 0 heterocycles. The summed E-state index contributed by atoms with van der Waals surface area (Å²) >= 11 is 0. The molecule has 0 rings (SSSR count). The van der Waals surface area contributed by atoms with E-state index in [9.17, 15) is 9.90 Å². The first-order chi connectivity index (χ1) is 7.63. The number of carboxylic acid groups (broad SMARTS) is 1. The van der Waals surface area contributed by atoms with Crippen molar-refractivity contribution in [2.24, 2.45) is 5.41 Å². The van der Waals surface area contributed by atoms with Gasteiger partial charge in [-0.2, -0.15) is 0 Å². The maximum atomic E-state index is 11.5. The van der Waals surface area contributed by atoms with Crippen molar-refractivity contribution in [1.29, 1.82) is 0 Å². The minimum atomic E-state index is -0.567. The molecule has 0 amide bonds. The molecule has 0 unspecified atom stereocenters. The monoisotopic (exact) mass is 276 g/mol. The van der Waals surface area contributed by atoms with Gasteiger partial charge in [0, 0.05) is 21.7 Å². The summed E-state index contributed by atoms with van der Waals surface area (Å²) in [6, 6.07) is 0. The van der Waals surface area contributed by atoms with E-state index < -0.39 is 11.4 Å². The van der Waals surface area contributed by atoms with Gasteiger partial charge in [-0.1, -0.05) is 59.3 Å². The third-order valence-electron chi connectivity index (χ3n) is 3.48. The minimum Gasteiger partial charge on any atom is -0.481 e. The van der Waals surface area contributed by atoms with Gasteiger partial charge in [0.15, 0.2) is 0 Å². The molecule has 0 saturated carbocycles. The van der Waals surface area contributed by atoms with E-state index in [4.69, 9.17) is 0 Å². The van der Waals surface area contributed by atoms with Crippen LogP contribution in [0.5, 0.6) is 0 Å². The summed E-state index contributed by atoms with van der Waals surface area (Å²) in [6.07, 6.45) is 8.98. The molecule has 0 aromatic carbocycles. The van der Waals surface area contributed by atoms with Gasteiger partial charge in [-0.3, -0.25) is 4.79 Å². The summed E-state index contributed by atoms with van der Waals surface area (Å²) in [4.78, 5) is 11.5. The molecule has 0 atom stereocenters. The standard InChI is InChI=1S/C14H28O2.Ti/c1-4-7-10-14(13(15)16,11-8-5-2)12-9-6-3;/h4-12H2,1-3H3,(H,15,16);. The summed E-state index contributed by atoms with van der Waals surface area (Å²) in [5, 5.41) is 9.50. The molecule has 0 radical (unpaired) electrons. The van der Waals surface area contributed by atoms with E-state index in [-0.39, 0.29) is 21.7 Å². The van der Waals surface area contributed by atoms with Crippen LogP contribution in [0.15, 0.2) is 0 Å². The molecule has 0 spiro atoms. The second-order valence-electron chi connectivity index (χ2n) is 4.90. The van der Waals surface area contributed by atoms with Crippen LogP contribution in [0.25, 0.3) is 0 Å². The second-order valence-corrected chi connectivity index (χ2v) is 4.90. The van der Waals surface area contributed by atoms with Crippen molar-refractivity contribution >= 4 is 5.97 Å². The van der Waals surface area contributed by atoms with Crippen LogP contribution in [0.2, 0.25) is 0 Å². The number of unbranched alkanes of at least 4 members (excludes halogenated alkanes) is 3. The molecule has 0 fully saturated rings. The normalized spacial score (nSPS) is 11.0. The van der Waals surface area contributed by atoms with E-state index in [2.05, 4.69) is 20.8 Å². The molecule has 17 heavy (non-hydrogen) atoms. The van der Waals surface area contributed by atoms with Gasteiger partial charge in [-0.25, -0.2) is 0 Å². The first-order valence-electron chi connectivity index (χ1n) is 6.86. The Kier molecular flexibility index (Phi) is 13.0. The van der Waals surface area contributed by atoms with Crippen molar-refractivity contribution in [3.05, 3.63) is 0 Å². The average molecular weight is 276 g/mol. The first-order valence-corrected chi connectivity index (χ1v) is 6.86. The quantitative estimate of drug-likeness (QED) is 0.591. The Labute approximate surface area is 121 Å². The summed E-state index contributed by atoms with van der Waals surface area (Å²) in [5.74, 6) is -0.567. The maximum absolute atomic E-state index is 11.5. The Bertz CT molecular complexity index is 171. The molecule has 0 aromatic rings. The maximum Gasteiger partial charge on any atom is 0.309 e. The van der Waals surface area contributed by atoms with Gasteiger partial charge >= 0.3 is 5.97 Å². The number of rotatable bonds is 10. The molecule has 2 nitrogen and oxygen atoms in total. The molecular formula is C14H28O2Ti. The van der Waals surface area contributed by atoms with E-state index in [0.717, 1.165) is 57.8 Å². The van der Waals surface area contributed by atoms with Gasteiger partial charge in [0.2, 0.25) is 0 Å². The van der Waals surface area contributed by atoms with Gasteiger partial charge in [-0.15, -0.1) is 0 Å². The molecule has 100 valence electrons. The Morgan fingerprint density at radius 3 is 1.35 bits per heavy atom. The van der Waals surface area contributed by atoms with Crippen LogP contribution in [0.3, 0.4) is 0 Å². The van der Waals surface area contributed by atoms with Crippen LogP contribution in [-0.2, 0) is 26.5 Å². The van der Waals surface area contributed by atoms with Crippen molar-refractivity contribution in [2.45, 2.75) is 78.6 Å². The molecule has 0 aromatic heterocycles. The average Bonchev–Trinajstić information content (AvgIpc) is 2.28. The smallest absolute Gasteiger partial charge is 0.309 e. The number of aliphatic carboxylic acids is 1. The summed E-state index contributed by atoms with van der Waals surface area (Å²) < 4.78 is 0. The fraction of sp³-hybridized carbons (Fsp3) is 0.929. The zero-order valence-corrected chi connectivity index (χ0v) is 13.3. The van der Waals surface area contributed by atoms with Crippen molar-refractivity contribution in [1.82, 2.24) is 0 Å². The molecule has 0 aliphatic rings. The Morgan fingerprint density at radius 1 is 0.882 bits per heavy atom. The topological polar surface area (TPSA) is 37.3 Å². The van der Waals surface area contributed by atoms with Crippen LogP contribution < -0.4 is 0 Å². The van der Waals surface area contributed by atoms with Gasteiger partial charge < -0.3 is 5.11 Å². The van der Waals surface area contributed by atoms with Crippen molar-refractivity contribution in [3.63, 3.8) is 0 Å². The molecule has 3 heteroatoms. The Morgan fingerprint density at radius 2 is 1.18 bits per heavy atom. The minimum absolute atomic E-state index is 0. The Hall–Kier alpha value is 0.184. The van der Waals surface area contributed by atoms with Crippen molar-refractivity contribution < 1.29 is 31.6 Å². The van der Waals surface area contributed by atoms with E-state index >= 15 is 0 Å². The van der Waals surface area contributed by atoms with E-state index in [1.165, 1.54) is 0 Å². The predicted molar refractivity (Wildman–Crippen MR) is 68.6 cm³/mol. The number of carbonyl (C=O) groups is 1. The molecule has 0 aliphatic carbocycles. The van der Waals surface area contributed by atoms with E-state index in [1.807, 2.05) is 0 Å². The fourth-order valence-electron chi connectivity index (χ4n) is 2.24. The molecule has 0 aliphatic heterocycles. The van der Waals surface area contributed by atoms with Gasteiger partial charge in [0.05, 0.1) is 5.41 Å². The number of hydrogen-bond acceptors (Lipinski definition) is 1. The van der Waals surface area contributed by atoms with Crippen LogP contribution in [0.4, 0.5) is 0 Å².